The maximum absolute atomic E-state index is 13.5. The van der Waals surface area contributed by atoms with Gasteiger partial charge in [0.25, 0.3) is 0 Å². The Morgan fingerprint density at radius 2 is 1.96 bits per heavy atom. The molecule has 1 aromatic heterocycles. The van der Waals surface area contributed by atoms with Crippen LogP contribution in [-0.2, 0) is 18.8 Å². The summed E-state index contributed by atoms with van der Waals surface area (Å²) in [6, 6.07) is 7.58. The van der Waals surface area contributed by atoms with E-state index in [-0.39, 0.29) is 29.8 Å². The van der Waals surface area contributed by atoms with Crippen LogP contribution >= 0.6 is 35.7 Å². The first-order valence-corrected chi connectivity index (χ1v) is 10.8. The monoisotopic (exact) mass is 517 g/mol. The fourth-order valence-electron chi connectivity index (χ4n) is 3.47. The van der Waals surface area contributed by atoms with Crippen molar-refractivity contribution in [1.29, 1.82) is 0 Å². The van der Waals surface area contributed by atoms with Crippen molar-refractivity contribution in [2.45, 2.75) is 50.6 Å². The van der Waals surface area contributed by atoms with Gasteiger partial charge in [-0.15, -0.1) is 24.0 Å². The molecule has 8 heteroatoms. The molecule has 1 saturated carbocycles. The molecule has 5 nitrogen and oxygen atoms in total. The molecule has 1 heterocycles. The van der Waals surface area contributed by atoms with Crippen molar-refractivity contribution in [2.75, 3.05) is 13.3 Å². The molecule has 0 bridgehead atoms. The summed E-state index contributed by atoms with van der Waals surface area (Å²) in [6.07, 6.45) is 9.17. The first kappa shape index (κ1) is 23.0. The van der Waals surface area contributed by atoms with Crippen LogP contribution < -0.4 is 10.6 Å². The molecule has 154 valence electrons. The molecule has 0 saturated heterocycles. The highest BCUT2D eigenvalue weighted by Gasteiger charge is 2.17. The molecular formula is C20H29FIN5S. The molecule has 0 radical (unpaired) electrons. The van der Waals surface area contributed by atoms with Gasteiger partial charge in [0.1, 0.15) is 5.82 Å². The number of hydrogen-bond donors (Lipinski definition) is 2. The van der Waals surface area contributed by atoms with Crippen molar-refractivity contribution in [2.24, 2.45) is 4.99 Å². The van der Waals surface area contributed by atoms with E-state index in [4.69, 9.17) is 5.10 Å². The summed E-state index contributed by atoms with van der Waals surface area (Å²) in [5, 5.41) is 11.3. The van der Waals surface area contributed by atoms with Gasteiger partial charge in [0.2, 0.25) is 0 Å². The van der Waals surface area contributed by atoms with E-state index in [1.54, 1.807) is 24.9 Å². The number of guanidine groups is 1. The molecule has 2 N–H and O–H groups in total. The molecule has 0 aliphatic heterocycles. The summed E-state index contributed by atoms with van der Waals surface area (Å²) in [5.74, 6) is 1.31. The SMILES string of the molecule is CN=C(NCc1ccn(C2CCCC2)n1)NCc1ccc(F)cc1CSC.I. The minimum absolute atomic E-state index is 0. The van der Waals surface area contributed by atoms with E-state index in [1.165, 1.54) is 31.7 Å². The number of hydrogen-bond acceptors (Lipinski definition) is 3. The van der Waals surface area contributed by atoms with E-state index in [1.807, 2.05) is 12.3 Å². The standard InChI is InChI=1S/C20H28FN5S.HI/c1-22-20(23-12-15-7-8-17(21)11-16(15)14-27-2)24-13-18-9-10-26(25-18)19-5-3-4-6-19;/h7-11,19H,3-6,12-14H2,1-2H3,(H2,22,23,24);1H. The molecule has 1 aliphatic carbocycles. The van der Waals surface area contributed by atoms with E-state index >= 15 is 0 Å². The van der Waals surface area contributed by atoms with Crippen LogP contribution in [0.5, 0.6) is 0 Å². The van der Waals surface area contributed by atoms with Crippen LogP contribution in [0, 0.1) is 5.82 Å². The van der Waals surface area contributed by atoms with Crippen molar-refractivity contribution >= 4 is 41.7 Å². The Kier molecular flexibility index (Phi) is 9.57. The molecule has 0 spiro atoms. The van der Waals surface area contributed by atoms with Crippen molar-refractivity contribution in [3.63, 3.8) is 0 Å². The lowest BCUT2D eigenvalue weighted by Gasteiger charge is -2.14. The number of aromatic nitrogens is 2. The minimum atomic E-state index is -0.192. The summed E-state index contributed by atoms with van der Waals surface area (Å²) in [6.45, 7) is 1.23. The average molecular weight is 517 g/mol. The fourth-order valence-corrected chi connectivity index (χ4v) is 4.05. The van der Waals surface area contributed by atoms with Crippen molar-refractivity contribution in [1.82, 2.24) is 20.4 Å². The largest absolute Gasteiger partial charge is 0.352 e. The lowest BCUT2D eigenvalue weighted by molar-refractivity contribution is 0.462. The lowest BCUT2D eigenvalue weighted by Crippen LogP contribution is -2.36. The van der Waals surface area contributed by atoms with Gasteiger partial charge in [-0.3, -0.25) is 9.67 Å². The molecule has 2 aromatic rings. The molecule has 0 unspecified atom stereocenters. The van der Waals surface area contributed by atoms with Gasteiger partial charge in [0.15, 0.2) is 5.96 Å². The van der Waals surface area contributed by atoms with Gasteiger partial charge in [0, 0.05) is 25.5 Å². The van der Waals surface area contributed by atoms with Crippen molar-refractivity contribution < 1.29 is 4.39 Å². The van der Waals surface area contributed by atoms with Crippen LogP contribution in [0.25, 0.3) is 0 Å². The Morgan fingerprint density at radius 1 is 1.21 bits per heavy atom. The summed E-state index contributed by atoms with van der Waals surface area (Å²) < 4.78 is 15.6. The van der Waals surface area contributed by atoms with Gasteiger partial charge >= 0.3 is 0 Å². The first-order valence-electron chi connectivity index (χ1n) is 9.44. The van der Waals surface area contributed by atoms with E-state index in [2.05, 4.69) is 32.6 Å². The van der Waals surface area contributed by atoms with Gasteiger partial charge in [-0.1, -0.05) is 18.9 Å². The summed E-state index contributed by atoms with van der Waals surface area (Å²) in [5.41, 5.74) is 3.11. The summed E-state index contributed by atoms with van der Waals surface area (Å²) in [4.78, 5) is 4.28. The van der Waals surface area contributed by atoms with Crippen LogP contribution in [0.1, 0.15) is 48.5 Å². The van der Waals surface area contributed by atoms with Gasteiger partial charge in [0.05, 0.1) is 18.3 Å². The van der Waals surface area contributed by atoms with Crippen LogP contribution in [-0.4, -0.2) is 29.0 Å². The second kappa shape index (κ2) is 11.6. The van der Waals surface area contributed by atoms with Gasteiger partial charge in [-0.05, 0) is 48.4 Å². The summed E-state index contributed by atoms with van der Waals surface area (Å²) >= 11 is 1.69. The third-order valence-electron chi connectivity index (χ3n) is 4.94. The number of halogens is 2. The lowest BCUT2D eigenvalue weighted by atomic mass is 10.1. The average Bonchev–Trinajstić information content (AvgIpc) is 3.35. The van der Waals surface area contributed by atoms with Gasteiger partial charge in [-0.2, -0.15) is 16.9 Å². The smallest absolute Gasteiger partial charge is 0.191 e. The Labute approximate surface area is 188 Å². The maximum Gasteiger partial charge on any atom is 0.191 e. The highest BCUT2D eigenvalue weighted by atomic mass is 127. The highest BCUT2D eigenvalue weighted by molar-refractivity contribution is 14.0. The highest BCUT2D eigenvalue weighted by Crippen LogP contribution is 2.28. The van der Waals surface area contributed by atoms with Crippen LogP contribution in [0.15, 0.2) is 35.5 Å². The molecule has 3 rings (SSSR count). The zero-order valence-corrected chi connectivity index (χ0v) is 19.6. The molecule has 1 fully saturated rings. The number of benzene rings is 1. The Hall–Kier alpha value is -1.29. The minimum Gasteiger partial charge on any atom is -0.352 e. The summed E-state index contributed by atoms with van der Waals surface area (Å²) in [7, 11) is 1.75. The van der Waals surface area contributed by atoms with E-state index in [0.717, 1.165) is 22.6 Å². The van der Waals surface area contributed by atoms with Gasteiger partial charge < -0.3 is 10.6 Å². The normalized spacial score (nSPS) is 14.8. The number of nitrogens with zero attached hydrogens (tertiary/aromatic N) is 3. The zero-order valence-electron chi connectivity index (χ0n) is 16.4. The van der Waals surface area contributed by atoms with Crippen molar-refractivity contribution in [3.05, 3.63) is 53.1 Å². The van der Waals surface area contributed by atoms with Crippen LogP contribution in [0.2, 0.25) is 0 Å². The van der Waals surface area contributed by atoms with Gasteiger partial charge in [-0.25, -0.2) is 4.39 Å². The Balaban J connectivity index is 0.00000280. The third kappa shape index (κ3) is 6.37. The predicted molar refractivity (Wildman–Crippen MR) is 126 cm³/mol. The second-order valence-electron chi connectivity index (χ2n) is 6.85. The molecule has 28 heavy (non-hydrogen) atoms. The number of thioether (sulfide) groups is 1. The topological polar surface area (TPSA) is 54.2 Å². The quantitative estimate of drug-likeness (QED) is 0.323. The van der Waals surface area contributed by atoms with Crippen LogP contribution in [0.3, 0.4) is 0 Å². The zero-order chi connectivity index (χ0) is 19.1. The van der Waals surface area contributed by atoms with Crippen LogP contribution in [0.4, 0.5) is 4.39 Å². The van der Waals surface area contributed by atoms with Crippen molar-refractivity contribution in [3.8, 4) is 0 Å². The number of rotatable bonds is 7. The molecule has 0 amide bonds. The van der Waals surface area contributed by atoms with E-state index in [0.29, 0.717) is 25.1 Å². The predicted octanol–water partition coefficient (Wildman–Crippen LogP) is 4.48. The van der Waals surface area contributed by atoms with E-state index < -0.39 is 0 Å². The molecule has 0 atom stereocenters. The fraction of sp³-hybridized carbons (Fsp3) is 0.500. The first-order chi connectivity index (χ1) is 13.2. The molecular weight excluding hydrogens is 488 g/mol. The maximum atomic E-state index is 13.5. The van der Waals surface area contributed by atoms with E-state index in [9.17, 15) is 4.39 Å². The second-order valence-corrected chi connectivity index (χ2v) is 7.72. The number of nitrogens with one attached hydrogen (secondary N) is 2. The molecule has 1 aliphatic rings. The Bertz CT molecular complexity index is 774. The number of aliphatic imine (C=N–C) groups is 1. The Morgan fingerprint density at radius 3 is 2.68 bits per heavy atom. The molecule has 1 aromatic carbocycles. The third-order valence-corrected chi connectivity index (χ3v) is 5.54.